The Labute approximate surface area is 174 Å². The van der Waals surface area contributed by atoms with Crippen molar-refractivity contribution in [2.45, 2.75) is 0 Å². The molecule has 5 rings (SSSR count). The minimum atomic E-state index is 0.483. The molecule has 0 saturated carbocycles. The average molecular weight is 390 g/mol. The third-order valence-electron chi connectivity index (χ3n) is 5.39. The van der Waals surface area contributed by atoms with Crippen LogP contribution in [0.15, 0.2) is 97.1 Å². The molecule has 29 heavy (non-hydrogen) atoms. The van der Waals surface area contributed by atoms with Crippen LogP contribution in [0, 0.1) is 6.57 Å². The van der Waals surface area contributed by atoms with E-state index in [0.29, 0.717) is 10.7 Å². The summed E-state index contributed by atoms with van der Waals surface area (Å²) in [6.07, 6.45) is 0. The Kier molecular flexibility index (Phi) is 4.28. The van der Waals surface area contributed by atoms with Crippen molar-refractivity contribution in [3.05, 3.63) is 114 Å². The molecule has 0 atom stereocenters. The first-order valence-electron chi connectivity index (χ1n) is 9.44. The van der Waals surface area contributed by atoms with E-state index in [1.807, 2.05) is 24.3 Å². The maximum absolute atomic E-state index is 7.61. The highest BCUT2D eigenvalue weighted by Gasteiger charge is 2.15. The second-order valence-corrected chi connectivity index (χ2v) is 7.39. The van der Waals surface area contributed by atoms with Gasteiger partial charge in [0.05, 0.1) is 6.57 Å². The molecule has 0 heterocycles. The van der Waals surface area contributed by atoms with Gasteiger partial charge < -0.3 is 0 Å². The molecule has 0 aliphatic carbocycles. The van der Waals surface area contributed by atoms with Crippen molar-refractivity contribution in [2.75, 3.05) is 0 Å². The van der Waals surface area contributed by atoms with Crippen molar-refractivity contribution in [2.24, 2.45) is 0 Å². The fraction of sp³-hybridized carbons (Fsp3) is 0. The molecule has 0 fully saturated rings. The van der Waals surface area contributed by atoms with E-state index in [9.17, 15) is 0 Å². The third kappa shape index (κ3) is 2.86. The van der Waals surface area contributed by atoms with E-state index in [1.165, 1.54) is 21.5 Å². The summed E-state index contributed by atoms with van der Waals surface area (Å²) in [6.45, 7) is 7.61. The van der Waals surface area contributed by atoms with Gasteiger partial charge >= 0.3 is 0 Å². The van der Waals surface area contributed by atoms with Crippen LogP contribution >= 0.6 is 11.6 Å². The topological polar surface area (TPSA) is 4.36 Å². The lowest BCUT2D eigenvalue weighted by Gasteiger charge is -2.15. The number of rotatable bonds is 2. The van der Waals surface area contributed by atoms with Crippen molar-refractivity contribution in [1.82, 2.24) is 0 Å². The number of benzene rings is 5. The maximum Gasteiger partial charge on any atom is 0.213 e. The Bertz CT molecular complexity index is 1430. The average Bonchev–Trinajstić information content (AvgIpc) is 2.78. The predicted octanol–water partition coefficient (Wildman–Crippen LogP) is 8.53. The molecule has 0 radical (unpaired) electrons. The summed E-state index contributed by atoms with van der Waals surface area (Å²) in [5.74, 6) is 0. The number of para-hydroxylation sites is 1. The quantitative estimate of drug-likeness (QED) is 0.210. The molecular formula is C27H16ClN. The van der Waals surface area contributed by atoms with Gasteiger partial charge in [-0.3, -0.25) is 0 Å². The highest BCUT2D eigenvalue weighted by Crippen LogP contribution is 2.43. The zero-order valence-electron chi connectivity index (χ0n) is 15.6. The van der Waals surface area contributed by atoms with Gasteiger partial charge in [0.25, 0.3) is 0 Å². The first kappa shape index (κ1) is 17.5. The summed E-state index contributed by atoms with van der Waals surface area (Å²) >= 11 is 6.32. The van der Waals surface area contributed by atoms with Gasteiger partial charge in [-0.05, 0) is 43.8 Å². The van der Waals surface area contributed by atoms with E-state index in [0.717, 1.165) is 22.3 Å². The van der Waals surface area contributed by atoms with Gasteiger partial charge in [0.2, 0.25) is 5.69 Å². The van der Waals surface area contributed by atoms with Gasteiger partial charge in [-0.1, -0.05) is 109 Å². The molecule has 0 aliphatic heterocycles. The number of hydrogen-bond acceptors (Lipinski definition) is 0. The Balaban J connectivity index is 1.84. The Morgan fingerprint density at radius 2 is 1.14 bits per heavy atom. The molecule has 1 nitrogen and oxygen atoms in total. The molecule has 0 N–H and O–H groups in total. The molecule has 0 aliphatic rings. The Morgan fingerprint density at radius 1 is 0.517 bits per heavy atom. The molecule has 5 aromatic rings. The molecule has 2 heteroatoms. The van der Waals surface area contributed by atoms with E-state index in [-0.39, 0.29) is 0 Å². The van der Waals surface area contributed by atoms with Crippen LogP contribution in [0.25, 0.3) is 48.6 Å². The lowest BCUT2D eigenvalue weighted by Crippen LogP contribution is -1.88. The van der Waals surface area contributed by atoms with Gasteiger partial charge in [0, 0.05) is 5.02 Å². The number of fused-ring (bicyclic) bond motifs is 3. The largest absolute Gasteiger partial charge is 0.236 e. The van der Waals surface area contributed by atoms with E-state index in [1.54, 1.807) is 6.07 Å². The lowest BCUT2D eigenvalue weighted by molar-refractivity contribution is 1.60. The minimum absolute atomic E-state index is 0.483. The first-order valence-corrected chi connectivity index (χ1v) is 9.82. The van der Waals surface area contributed by atoms with Crippen LogP contribution < -0.4 is 0 Å². The van der Waals surface area contributed by atoms with E-state index >= 15 is 0 Å². The number of halogens is 1. The molecule has 0 amide bonds. The molecule has 136 valence electrons. The summed E-state index contributed by atoms with van der Waals surface area (Å²) in [5, 5.41) is 5.39. The zero-order chi connectivity index (χ0) is 19.8. The molecule has 0 aromatic heterocycles. The number of nitrogens with zero attached hydrogens (tertiary/aromatic N) is 1. The van der Waals surface area contributed by atoms with Crippen LogP contribution in [0.3, 0.4) is 0 Å². The van der Waals surface area contributed by atoms with Crippen molar-refractivity contribution < 1.29 is 0 Å². The fourth-order valence-corrected chi connectivity index (χ4v) is 4.29. The van der Waals surface area contributed by atoms with Crippen LogP contribution in [0.5, 0.6) is 0 Å². The van der Waals surface area contributed by atoms with Crippen LogP contribution in [0.4, 0.5) is 5.69 Å². The summed E-state index contributed by atoms with van der Waals surface area (Å²) in [7, 11) is 0. The smallest absolute Gasteiger partial charge is 0.213 e. The SMILES string of the molecule is [C-]#[N+]c1c(Cl)cccc1-c1ccccc1-c1cccc2c1ccc1ccccc12. The van der Waals surface area contributed by atoms with Gasteiger partial charge in [0.15, 0.2) is 0 Å². The van der Waals surface area contributed by atoms with Crippen molar-refractivity contribution in [1.29, 1.82) is 0 Å². The van der Waals surface area contributed by atoms with Crippen LogP contribution in [-0.4, -0.2) is 0 Å². The standard InChI is InChI=1S/C27H16ClN/c1-29-27-25(14-7-15-26(27)28)23-11-5-4-10-21(23)22-13-6-12-20-19-9-3-2-8-18(19)16-17-24(20)22/h2-17H. The Morgan fingerprint density at radius 3 is 1.97 bits per heavy atom. The van der Waals surface area contributed by atoms with Gasteiger partial charge in [0.1, 0.15) is 0 Å². The molecule has 0 bridgehead atoms. The molecule has 0 unspecified atom stereocenters. The van der Waals surface area contributed by atoms with Gasteiger partial charge in [-0.2, -0.15) is 0 Å². The van der Waals surface area contributed by atoms with E-state index < -0.39 is 0 Å². The van der Waals surface area contributed by atoms with Crippen molar-refractivity contribution in [3.8, 4) is 22.3 Å². The van der Waals surface area contributed by atoms with E-state index in [4.69, 9.17) is 18.2 Å². The minimum Gasteiger partial charge on any atom is -0.236 e. The monoisotopic (exact) mass is 389 g/mol. The van der Waals surface area contributed by atoms with Gasteiger partial charge in [-0.25, -0.2) is 4.85 Å². The van der Waals surface area contributed by atoms with Crippen molar-refractivity contribution >= 4 is 38.8 Å². The van der Waals surface area contributed by atoms with Crippen molar-refractivity contribution in [3.63, 3.8) is 0 Å². The predicted molar refractivity (Wildman–Crippen MR) is 124 cm³/mol. The molecule has 5 aromatic carbocycles. The van der Waals surface area contributed by atoms with Gasteiger partial charge in [-0.15, -0.1) is 0 Å². The maximum atomic E-state index is 7.61. The third-order valence-corrected chi connectivity index (χ3v) is 5.70. The van der Waals surface area contributed by atoms with Crippen LogP contribution in [0.1, 0.15) is 0 Å². The first-order chi connectivity index (χ1) is 14.3. The second kappa shape index (κ2) is 7.09. The normalized spacial score (nSPS) is 10.9. The highest BCUT2D eigenvalue weighted by molar-refractivity contribution is 6.34. The zero-order valence-corrected chi connectivity index (χ0v) is 16.3. The van der Waals surface area contributed by atoms with Crippen LogP contribution in [0.2, 0.25) is 5.02 Å². The second-order valence-electron chi connectivity index (χ2n) is 6.98. The van der Waals surface area contributed by atoms with E-state index in [2.05, 4.69) is 71.6 Å². The molecular weight excluding hydrogens is 374 g/mol. The molecule has 0 spiro atoms. The fourth-order valence-electron chi connectivity index (χ4n) is 4.07. The summed E-state index contributed by atoms with van der Waals surface area (Å²) in [5.41, 5.74) is 4.62. The number of hydrogen-bond donors (Lipinski definition) is 0. The highest BCUT2D eigenvalue weighted by atomic mass is 35.5. The summed E-state index contributed by atoms with van der Waals surface area (Å²) < 4.78 is 0. The van der Waals surface area contributed by atoms with Crippen LogP contribution in [-0.2, 0) is 0 Å². The summed E-state index contributed by atoms with van der Waals surface area (Å²) in [4.78, 5) is 3.70. The summed E-state index contributed by atoms with van der Waals surface area (Å²) in [6, 6.07) is 33.1. The molecule has 0 saturated heterocycles. The Hall–Kier alpha value is -3.60. The lowest BCUT2D eigenvalue weighted by atomic mass is 9.89.